The lowest BCUT2D eigenvalue weighted by molar-refractivity contribution is 0.144. The average molecular weight is 204 g/mol. The van der Waals surface area contributed by atoms with Gasteiger partial charge in [0.15, 0.2) is 11.6 Å². The van der Waals surface area contributed by atoms with E-state index in [1.165, 1.54) is 0 Å². The summed E-state index contributed by atoms with van der Waals surface area (Å²) in [4.78, 5) is 3.23. The van der Waals surface area contributed by atoms with Crippen LogP contribution in [0, 0.1) is 23.0 Å². The molecule has 6 heteroatoms. The van der Waals surface area contributed by atoms with Gasteiger partial charge >= 0.3 is 0 Å². The number of alkyl halides is 2. The summed E-state index contributed by atoms with van der Waals surface area (Å²) in [6, 6.07) is 1.54. The molecule has 1 rings (SSSR count). The molecule has 0 atom stereocenters. The SMILES string of the molecule is N#CCc1ncc(C(F)F)c(F)c1F. The molecule has 0 radical (unpaired) electrons. The van der Waals surface area contributed by atoms with Crippen LogP contribution in [-0.2, 0) is 6.42 Å². The van der Waals surface area contributed by atoms with Gasteiger partial charge in [0.2, 0.25) is 0 Å². The highest BCUT2D eigenvalue weighted by atomic mass is 19.3. The lowest BCUT2D eigenvalue weighted by Crippen LogP contribution is -2.02. The minimum atomic E-state index is -3.12. The monoisotopic (exact) mass is 204 g/mol. The quantitative estimate of drug-likeness (QED) is 0.693. The maximum atomic E-state index is 12.9. The van der Waals surface area contributed by atoms with Crippen LogP contribution in [0.1, 0.15) is 17.7 Å². The molecule has 0 aliphatic heterocycles. The van der Waals surface area contributed by atoms with Crippen LogP contribution in [0.2, 0.25) is 0 Å². The molecule has 1 heterocycles. The molecule has 1 aromatic rings. The molecule has 2 nitrogen and oxygen atoms in total. The van der Waals surface area contributed by atoms with E-state index in [1.807, 2.05) is 0 Å². The van der Waals surface area contributed by atoms with Crippen molar-refractivity contribution in [3.63, 3.8) is 0 Å². The van der Waals surface area contributed by atoms with Gasteiger partial charge in [0.05, 0.1) is 23.7 Å². The molecule has 0 aliphatic rings. The summed E-state index contributed by atoms with van der Waals surface area (Å²) in [6.07, 6.45) is -3.03. The van der Waals surface area contributed by atoms with E-state index in [9.17, 15) is 17.6 Å². The molecule has 0 N–H and O–H groups in total. The number of halogens is 4. The molecule has 0 bridgehead atoms. The van der Waals surface area contributed by atoms with Crippen molar-refractivity contribution in [1.29, 1.82) is 5.26 Å². The second kappa shape index (κ2) is 4.05. The van der Waals surface area contributed by atoms with Crippen LogP contribution in [0.25, 0.3) is 0 Å². The Morgan fingerprint density at radius 1 is 1.36 bits per heavy atom. The van der Waals surface area contributed by atoms with E-state index in [0.29, 0.717) is 6.20 Å². The zero-order chi connectivity index (χ0) is 10.7. The van der Waals surface area contributed by atoms with Crippen molar-refractivity contribution in [3.8, 4) is 6.07 Å². The summed E-state index contributed by atoms with van der Waals surface area (Å²) in [5.41, 5.74) is -1.56. The fourth-order valence-corrected chi connectivity index (χ4v) is 0.864. The van der Waals surface area contributed by atoms with Gasteiger partial charge in [0.1, 0.15) is 0 Å². The Bertz CT molecular complexity index is 384. The van der Waals surface area contributed by atoms with Gasteiger partial charge in [-0.05, 0) is 0 Å². The largest absolute Gasteiger partial charge is 0.268 e. The minimum absolute atomic E-state index is 0.452. The highest BCUT2D eigenvalue weighted by Gasteiger charge is 2.20. The van der Waals surface area contributed by atoms with Crippen LogP contribution >= 0.6 is 0 Å². The number of hydrogen-bond acceptors (Lipinski definition) is 2. The van der Waals surface area contributed by atoms with Crippen molar-refractivity contribution < 1.29 is 17.6 Å². The number of hydrogen-bond donors (Lipinski definition) is 0. The van der Waals surface area contributed by atoms with E-state index >= 15 is 0 Å². The van der Waals surface area contributed by atoms with Crippen LogP contribution in [0.15, 0.2) is 6.20 Å². The van der Waals surface area contributed by atoms with Gasteiger partial charge in [-0.1, -0.05) is 0 Å². The number of rotatable bonds is 2. The van der Waals surface area contributed by atoms with E-state index in [-0.39, 0.29) is 0 Å². The van der Waals surface area contributed by atoms with Crippen LogP contribution in [-0.4, -0.2) is 4.98 Å². The normalized spacial score (nSPS) is 10.3. The molecule has 1 aromatic heterocycles. The summed E-state index contributed by atoms with van der Waals surface area (Å²) in [6.45, 7) is 0. The molecule has 74 valence electrons. The third-order valence-electron chi connectivity index (χ3n) is 1.54. The van der Waals surface area contributed by atoms with Gasteiger partial charge in [-0.15, -0.1) is 0 Å². The lowest BCUT2D eigenvalue weighted by atomic mass is 10.2. The zero-order valence-corrected chi connectivity index (χ0v) is 6.77. The first-order chi connectivity index (χ1) is 6.57. The number of nitrogens with zero attached hydrogens (tertiary/aromatic N) is 2. The van der Waals surface area contributed by atoms with Crippen molar-refractivity contribution in [1.82, 2.24) is 4.98 Å². The van der Waals surface area contributed by atoms with Gasteiger partial charge in [0.25, 0.3) is 6.43 Å². The fourth-order valence-electron chi connectivity index (χ4n) is 0.864. The Labute approximate surface area is 76.8 Å². The standard InChI is InChI=1S/C8H4F4N2/c9-6-4(8(11)12)3-14-5(1-2-13)7(6)10/h3,8H,1H2. The molecule has 0 fully saturated rings. The Morgan fingerprint density at radius 2 is 2.00 bits per heavy atom. The Hall–Kier alpha value is -1.64. The minimum Gasteiger partial charge on any atom is -0.256 e. The summed E-state index contributed by atoms with van der Waals surface area (Å²) in [5, 5.41) is 8.19. The molecular formula is C8H4F4N2. The number of pyridine rings is 1. The summed E-state index contributed by atoms with van der Waals surface area (Å²) >= 11 is 0. The van der Waals surface area contributed by atoms with E-state index in [2.05, 4.69) is 4.98 Å². The average Bonchev–Trinajstić information content (AvgIpc) is 2.13. The molecule has 0 aromatic carbocycles. The highest BCUT2D eigenvalue weighted by molar-refractivity contribution is 5.21. The van der Waals surface area contributed by atoms with Crippen LogP contribution in [0.5, 0.6) is 0 Å². The van der Waals surface area contributed by atoms with Crippen molar-refractivity contribution in [2.45, 2.75) is 12.8 Å². The predicted molar refractivity (Wildman–Crippen MR) is 38.4 cm³/mol. The Kier molecular flexibility index (Phi) is 3.02. The van der Waals surface area contributed by atoms with Gasteiger partial charge < -0.3 is 0 Å². The second-order valence-corrected chi connectivity index (χ2v) is 2.42. The topological polar surface area (TPSA) is 36.7 Å². The maximum absolute atomic E-state index is 12.9. The smallest absolute Gasteiger partial charge is 0.256 e. The highest BCUT2D eigenvalue weighted by Crippen LogP contribution is 2.23. The first-order valence-electron chi connectivity index (χ1n) is 3.55. The van der Waals surface area contributed by atoms with Crippen molar-refractivity contribution in [3.05, 3.63) is 29.1 Å². The zero-order valence-electron chi connectivity index (χ0n) is 6.77. The Balaban J connectivity index is 3.20. The van der Waals surface area contributed by atoms with E-state index < -0.39 is 35.7 Å². The van der Waals surface area contributed by atoms with Crippen LogP contribution in [0.4, 0.5) is 17.6 Å². The molecule has 0 saturated carbocycles. The van der Waals surface area contributed by atoms with Gasteiger partial charge in [-0.2, -0.15) is 5.26 Å². The number of nitriles is 1. The first-order valence-corrected chi connectivity index (χ1v) is 3.55. The fraction of sp³-hybridized carbons (Fsp3) is 0.250. The van der Waals surface area contributed by atoms with E-state index in [4.69, 9.17) is 5.26 Å². The molecular weight excluding hydrogens is 200 g/mol. The molecule has 0 unspecified atom stereocenters. The van der Waals surface area contributed by atoms with E-state index in [0.717, 1.165) is 0 Å². The Morgan fingerprint density at radius 3 is 2.50 bits per heavy atom. The van der Waals surface area contributed by atoms with Gasteiger partial charge in [0, 0.05) is 6.20 Å². The summed E-state index contributed by atoms with van der Waals surface area (Å²) in [5.74, 6) is -3.12. The van der Waals surface area contributed by atoms with Crippen LogP contribution < -0.4 is 0 Å². The van der Waals surface area contributed by atoms with E-state index in [1.54, 1.807) is 6.07 Å². The second-order valence-electron chi connectivity index (χ2n) is 2.42. The van der Waals surface area contributed by atoms with Crippen molar-refractivity contribution in [2.75, 3.05) is 0 Å². The van der Waals surface area contributed by atoms with Crippen LogP contribution in [0.3, 0.4) is 0 Å². The number of aromatic nitrogens is 1. The molecule has 14 heavy (non-hydrogen) atoms. The third kappa shape index (κ3) is 1.82. The molecule has 0 aliphatic carbocycles. The van der Waals surface area contributed by atoms with Crippen molar-refractivity contribution in [2.24, 2.45) is 0 Å². The van der Waals surface area contributed by atoms with Gasteiger partial charge in [-0.25, -0.2) is 17.6 Å². The third-order valence-corrected chi connectivity index (χ3v) is 1.54. The lowest BCUT2D eigenvalue weighted by Gasteiger charge is -2.03. The molecule has 0 saturated heterocycles. The maximum Gasteiger partial charge on any atom is 0.268 e. The summed E-state index contributed by atoms with van der Waals surface area (Å²) in [7, 11) is 0. The molecule has 0 amide bonds. The molecule has 0 spiro atoms. The predicted octanol–water partition coefficient (Wildman–Crippen LogP) is 2.36. The summed E-state index contributed by atoms with van der Waals surface area (Å²) < 4.78 is 49.7. The van der Waals surface area contributed by atoms with Crippen molar-refractivity contribution >= 4 is 0 Å². The first kappa shape index (κ1) is 10.4. The van der Waals surface area contributed by atoms with Gasteiger partial charge in [-0.3, -0.25) is 4.98 Å².